The average molecular weight is 628 g/mol. The van der Waals surface area contributed by atoms with Gasteiger partial charge in [0.1, 0.15) is 18.1 Å². The van der Waals surface area contributed by atoms with Gasteiger partial charge in [-0.3, -0.25) is 4.79 Å². The van der Waals surface area contributed by atoms with E-state index in [2.05, 4.69) is 23.5 Å². The topological polar surface area (TPSA) is 108 Å². The first-order valence-corrected chi connectivity index (χ1v) is 16.5. The van der Waals surface area contributed by atoms with Crippen molar-refractivity contribution in [3.8, 4) is 17.2 Å². The lowest BCUT2D eigenvalue weighted by Gasteiger charge is -2.13. The van der Waals surface area contributed by atoms with Crippen molar-refractivity contribution in [2.75, 3.05) is 19.0 Å². The minimum atomic E-state index is -0.593. The lowest BCUT2D eigenvalue weighted by molar-refractivity contribution is -0.121. The molecule has 0 saturated heterocycles. The molecule has 0 heterocycles. The first-order chi connectivity index (χ1) is 22.3. The number of aromatic hydroxyl groups is 1. The Kier molecular flexibility index (Phi) is 13.7. The number of phenols is 1. The summed E-state index contributed by atoms with van der Waals surface area (Å²) in [4.78, 5) is 12.6. The van der Waals surface area contributed by atoms with E-state index < -0.39 is 6.10 Å². The van der Waals surface area contributed by atoms with Crippen LogP contribution in [0.5, 0.6) is 17.2 Å². The molecular formula is C39H49NO6. The summed E-state index contributed by atoms with van der Waals surface area (Å²) in [5, 5.41) is 34.8. The predicted octanol–water partition coefficient (Wildman–Crippen LogP) is 7.76. The third-order valence-corrected chi connectivity index (χ3v) is 8.20. The Bertz CT molecular complexity index is 1530. The zero-order chi connectivity index (χ0) is 32.7. The molecule has 0 fully saturated rings. The SMILES string of the molecule is COc1ccc(CCC(=O)C[C@@H](O)CCCCCCCc2cccc(NC[C@H](C)O)c2)cc1OCc1ccc2cc(O)ccc2c1. The molecule has 0 radical (unpaired) electrons. The number of benzene rings is 4. The summed E-state index contributed by atoms with van der Waals surface area (Å²) >= 11 is 0. The lowest BCUT2D eigenvalue weighted by atomic mass is 10.00. The van der Waals surface area contributed by atoms with Crippen LogP contribution in [0.4, 0.5) is 5.69 Å². The van der Waals surface area contributed by atoms with Gasteiger partial charge in [0, 0.05) is 25.1 Å². The highest BCUT2D eigenvalue weighted by Crippen LogP contribution is 2.30. The van der Waals surface area contributed by atoms with E-state index in [4.69, 9.17) is 9.47 Å². The number of ether oxygens (including phenoxy) is 2. The third-order valence-electron chi connectivity index (χ3n) is 8.20. The van der Waals surface area contributed by atoms with Crippen LogP contribution in [0.1, 0.15) is 75.0 Å². The van der Waals surface area contributed by atoms with Gasteiger partial charge in [-0.1, -0.05) is 62.1 Å². The van der Waals surface area contributed by atoms with E-state index in [0.717, 1.165) is 66.1 Å². The van der Waals surface area contributed by atoms with Gasteiger partial charge < -0.3 is 30.1 Å². The van der Waals surface area contributed by atoms with Crippen LogP contribution in [-0.4, -0.2) is 47.0 Å². The van der Waals surface area contributed by atoms with Gasteiger partial charge in [-0.05, 0) is 103 Å². The number of ketones is 1. The molecule has 4 rings (SSSR count). The van der Waals surface area contributed by atoms with Crippen molar-refractivity contribution in [1.82, 2.24) is 0 Å². The van der Waals surface area contributed by atoms with Gasteiger partial charge in [0.25, 0.3) is 0 Å². The van der Waals surface area contributed by atoms with Crippen molar-refractivity contribution in [3.05, 3.63) is 95.6 Å². The highest BCUT2D eigenvalue weighted by Gasteiger charge is 2.13. The molecule has 0 saturated carbocycles. The highest BCUT2D eigenvalue weighted by molar-refractivity contribution is 5.84. The van der Waals surface area contributed by atoms with Crippen LogP contribution in [0, 0.1) is 0 Å². The smallest absolute Gasteiger partial charge is 0.161 e. The quantitative estimate of drug-likeness (QED) is 0.0742. The molecule has 0 aromatic heterocycles. The Morgan fingerprint density at radius 1 is 0.783 bits per heavy atom. The summed E-state index contributed by atoms with van der Waals surface area (Å²) in [5.74, 6) is 1.56. The molecule has 2 atom stereocenters. The number of anilines is 1. The number of fused-ring (bicyclic) bond motifs is 1. The molecule has 4 aromatic carbocycles. The van der Waals surface area contributed by atoms with Crippen LogP contribution in [0.3, 0.4) is 0 Å². The van der Waals surface area contributed by atoms with Gasteiger partial charge in [0.05, 0.1) is 19.3 Å². The number of hydrogen-bond donors (Lipinski definition) is 4. The van der Waals surface area contributed by atoms with E-state index in [-0.39, 0.29) is 24.1 Å². The van der Waals surface area contributed by atoms with E-state index in [1.165, 1.54) is 5.56 Å². The summed E-state index contributed by atoms with van der Waals surface area (Å²) in [5.41, 5.74) is 4.32. The third kappa shape index (κ3) is 11.7. The van der Waals surface area contributed by atoms with Crippen LogP contribution < -0.4 is 14.8 Å². The fraction of sp³-hybridized carbons (Fsp3) is 0.410. The molecule has 46 heavy (non-hydrogen) atoms. The Hall–Kier alpha value is -4.07. The molecule has 4 aromatic rings. The van der Waals surface area contributed by atoms with Gasteiger partial charge in [-0.2, -0.15) is 0 Å². The molecule has 7 nitrogen and oxygen atoms in total. The summed E-state index contributed by atoms with van der Waals surface area (Å²) in [6.45, 7) is 2.68. The minimum Gasteiger partial charge on any atom is -0.508 e. The Morgan fingerprint density at radius 3 is 2.35 bits per heavy atom. The molecule has 246 valence electrons. The number of phenolic OH excluding ortho intramolecular Hbond substituents is 1. The zero-order valence-electron chi connectivity index (χ0n) is 27.2. The number of aryl methyl sites for hydroxylation is 2. The van der Waals surface area contributed by atoms with E-state index in [1.807, 2.05) is 48.5 Å². The number of hydrogen-bond acceptors (Lipinski definition) is 7. The van der Waals surface area contributed by atoms with Gasteiger partial charge in [-0.25, -0.2) is 0 Å². The zero-order valence-corrected chi connectivity index (χ0v) is 27.2. The second-order valence-corrected chi connectivity index (χ2v) is 12.3. The molecule has 0 amide bonds. The normalized spacial score (nSPS) is 12.5. The monoisotopic (exact) mass is 627 g/mol. The van der Waals surface area contributed by atoms with Crippen molar-refractivity contribution in [2.24, 2.45) is 0 Å². The number of methoxy groups -OCH3 is 1. The molecule has 0 unspecified atom stereocenters. The van der Waals surface area contributed by atoms with Crippen LogP contribution in [0.2, 0.25) is 0 Å². The number of Topliss-reactive ketones (excluding diaryl/α,β-unsaturated/α-hetero) is 1. The van der Waals surface area contributed by atoms with Crippen LogP contribution in [0.15, 0.2) is 78.9 Å². The van der Waals surface area contributed by atoms with E-state index in [0.29, 0.717) is 43.9 Å². The molecule has 0 bridgehead atoms. The molecule has 4 N–H and O–H groups in total. The number of carbonyl (C=O) groups excluding carboxylic acids is 1. The maximum absolute atomic E-state index is 12.6. The van der Waals surface area contributed by atoms with Crippen molar-refractivity contribution in [3.63, 3.8) is 0 Å². The van der Waals surface area contributed by atoms with Crippen molar-refractivity contribution in [2.45, 2.75) is 89.9 Å². The maximum Gasteiger partial charge on any atom is 0.161 e. The fourth-order valence-corrected chi connectivity index (χ4v) is 5.62. The van der Waals surface area contributed by atoms with E-state index >= 15 is 0 Å². The maximum atomic E-state index is 12.6. The van der Waals surface area contributed by atoms with Gasteiger partial charge >= 0.3 is 0 Å². The van der Waals surface area contributed by atoms with Crippen LogP contribution in [-0.2, 0) is 24.2 Å². The molecule has 0 spiro atoms. The Labute approximate surface area is 273 Å². The highest BCUT2D eigenvalue weighted by atomic mass is 16.5. The van der Waals surface area contributed by atoms with Crippen LogP contribution in [0.25, 0.3) is 10.8 Å². The second-order valence-electron chi connectivity index (χ2n) is 12.3. The van der Waals surface area contributed by atoms with Crippen LogP contribution >= 0.6 is 0 Å². The van der Waals surface area contributed by atoms with Gasteiger partial charge in [0.2, 0.25) is 0 Å². The predicted molar refractivity (Wildman–Crippen MR) is 185 cm³/mol. The summed E-state index contributed by atoms with van der Waals surface area (Å²) < 4.78 is 11.6. The summed E-state index contributed by atoms with van der Waals surface area (Å²) in [7, 11) is 1.61. The minimum absolute atomic E-state index is 0.0677. The van der Waals surface area contributed by atoms with E-state index in [1.54, 1.807) is 26.2 Å². The first-order valence-electron chi connectivity index (χ1n) is 16.5. The van der Waals surface area contributed by atoms with Crippen molar-refractivity contribution < 1.29 is 29.6 Å². The van der Waals surface area contributed by atoms with E-state index in [9.17, 15) is 20.1 Å². The number of rotatable bonds is 20. The Balaban J connectivity index is 1.12. The van der Waals surface area contributed by atoms with Gasteiger partial charge in [0.15, 0.2) is 11.5 Å². The number of carbonyl (C=O) groups is 1. The lowest BCUT2D eigenvalue weighted by Crippen LogP contribution is -2.15. The second kappa shape index (κ2) is 18.2. The number of nitrogens with one attached hydrogen (secondary N) is 1. The molecule has 7 heteroatoms. The molecule has 0 aliphatic heterocycles. The van der Waals surface area contributed by atoms with Crippen molar-refractivity contribution >= 4 is 22.2 Å². The number of aliphatic hydroxyl groups excluding tert-OH is 2. The summed E-state index contributed by atoms with van der Waals surface area (Å²) in [6.07, 6.45) is 7.21. The fourth-order valence-electron chi connectivity index (χ4n) is 5.62. The molecule has 0 aliphatic carbocycles. The largest absolute Gasteiger partial charge is 0.508 e. The number of unbranched alkanes of at least 4 members (excludes halogenated alkanes) is 4. The molecule has 0 aliphatic rings. The standard InChI is InChI=1S/C39H49NO6/c1-28(41)26-40-34-11-8-10-29(22-34)9-6-4-3-5-7-12-35(42)25-37(44)18-14-30-15-20-38(45-2)39(23-30)46-27-31-13-16-33-24-36(43)19-17-32(33)21-31/h8,10-11,13,15-17,19-24,28,35,40-43H,3-7,9,12,14,18,25-27H2,1-2H3/t28-,35-/m0/s1. The summed E-state index contributed by atoms with van der Waals surface area (Å²) in [6, 6.07) is 25.4. The average Bonchev–Trinajstić information content (AvgIpc) is 3.05. The molecular weight excluding hydrogens is 578 g/mol. The first kappa shape index (κ1) is 34.8. The van der Waals surface area contributed by atoms with Crippen molar-refractivity contribution in [1.29, 1.82) is 0 Å². The van der Waals surface area contributed by atoms with Gasteiger partial charge in [-0.15, -0.1) is 0 Å². The Morgan fingerprint density at radius 2 is 1.52 bits per heavy atom. The number of aliphatic hydroxyl groups is 2.